The highest BCUT2D eigenvalue weighted by Gasteiger charge is 2.25. The first-order valence-corrected chi connectivity index (χ1v) is 8.40. The van der Waals surface area contributed by atoms with E-state index in [-0.39, 0.29) is 5.92 Å². The van der Waals surface area contributed by atoms with E-state index in [4.69, 9.17) is 14.6 Å². The van der Waals surface area contributed by atoms with E-state index in [2.05, 4.69) is 20.2 Å². The normalized spacial score (nSPS) is 14.8. The number of carbonyl (C=O) groups is 1. The van der Waals surface area contributed by atoms with Crippen molar-refractivity contribution in [2.75, 3.05) is 37.5 Å². The Balaban J connectivity index is 1.73. The van der Waals surface area contributed by atoms with Crippen LogP contribution in [-0.2, 0) is 4.79 Å². The van der Waals surface area contributed by atoms with Gasteiger partial charge in [0, 0.05) is 25.4 Å². The summed E-state index contributed by atoms with van der Waals surface area (Å²) in [7, 11) is 3.19. The molecule has 8 heteroatoms. The summed E-state index contributed by atoms with van der Waals surface area (Å²) in [5.41, 5.74) is 0.732. The fourth-order valence-corrected chi connectivity index (χ4v) is 2.96. The Morgan fingerprint density at radius 2 is 2.00 bits per heavy atom. The molecule has 0 amide bonds. The van der Waals surface area contributed by atoms with Gasteiger partial charge in [-0.25, -0.2) is 4.98 Å². The largest absolute Gasteiger partial charge is 0.497 e. The van der Waals surface area contributed by atoms with E-state index in [1.807, 2.05) is 18.2 Å². The molecule has 1 aliphatic rings. The molecule has 1 aliphatic heterocycles. The molecule has 138 valence electrons. The fourth-order valence-electron chi connectivity index (χ4n) is 2.96. The van der Waals surface area contributed by atoms with Crippen LogP contribution in [0.1, 0.15) is 12.8 Å². The number of aromatic nitrogens is 2. The molecule has 2 aromatic rings. The molecule has 0 atom stereocenters. The quantitative estimate of drug-likeness (QED) is 0.813. The van der Waals surface area contributed by atoms with Crippen molar-refractivity contribution >= 4 is 23.4 Å². The molecule has 26 heavy (non-hydrogen) atoms. The average molecular weight is 358 g/mol. The summed E-state index contributed by atoms with van der Waals surface area (Å²) in [6.07, 6.45) is 2.92. The minimum absolute atomic E-state index is 0.269. The van der Waals surface area contributed by atoms with Crippen molar-refractivity contribution in [3.05, 3.63) is 30.5 Å². The van der Waals surface area contributed by atoms with Gasteiger partial charge >= 0.3 is 5.97 Å². The lowest BCUT2D eigenvalue weighted by molar-refractivity contribution is -0.142. The molecule has 3 rings (SSSR count). The second-order valence-corrected chi connectivity index (χ2v) is 6.03. The highest BCUT2D eigenvalue weighted by molar-refractivity contribution is 5.70. The highest BCUT2D eigenvalue weighted by atomic mass is 16.5. The topological polar surface area (TPSA) is 96.8 Å². The van der Waals surface area contributed by atoms with Crippen molar-refractivity contribution in [2.45, 2.75) is 12.8 Å². The Bertz CT molecular complexity index is 776. The zero-order chi connectivity index (χ0) is 18.5. The van der Waals surface area contributed by atoms with Crippen LogP contribution in [0.5, 0.6) is 11.5 Å². The van der Waals surface area contributed by atoms with E-state index < -0.39 is 5.97 Å². The van der Waals surface area contributed by atoms with Crippen molar-refractivity contribution in [1.82, 2.24) is 9.97 Å². The van der Waals surface area contributed by atoms with Crippen LogP contribution in [0, 0.1) is 5.92 Å². The van der Waals surface area contributed by atoms with E-state index in [9.17, 15) is 4.79 Å². The number of ether oxygens (including phenoxy) is 2. The molecule has 0 bridgehead atoms. The Morgan fingerprint density at radius 1 is 1.23 bits per heavy atom. The van der Waals surface area contributed by atoms with Gasteiger partial charge in [-0.1, -0.05) is 0 Å². The summed E-state index contributed by atoms with van der Waals surface area (Å²) in [4.78, 5) is 22.0. The second kappa shape index (κ2) is 7.90. The number of hydrogen-bond acceptors (Lipinski definition) is 7. The summed E-state index contributed by atoms with van der Waals surface area (Å²) in [6, 6.07) is 7.28. The van der Waals surface area contributed by atoms with Gasteiger partial charge in [0.05, 0.1) is 25.8 Å². The van der Waals surface area contributed by atoms with Crippen LogP contribution in [-0.4, -0.2) is 48.4 Å². The average Bonchev–Trinajstić information content (AvgIpc) is 2.68. The summed E-state index contributed by atoms with van der Waals surface area (Å²) in [5, 5.41) is 12.3. The monoisotopic (exact) mass is 358 g/mol. The van der Waals surface area contributed by atoms with Gasteiger partial charge < -0.3 is 24.8 Å². The van der Waals surface area contributed by atoms with Crippen LogP contribution in [0.4, 0.5) is 17.5 Å². The van der Waals surface area contributed by atoms with Crippen molar-refractivity contribution in [1.29, 1.82) is 0 Å². The van der Waals surface area contributed by atoms with Crippen LogP contribution in [0.15, 0.2) is 30.5 Å². The Kier molecular flexibility index (Phi) is 5.40. The number of aliphatic carboxylic acids is 1. The smallest absolute Gasteiger partial charge is 0.306 e. The predicted octanol–water partition coefficient (Wildman–Crippen LogP) is 2.54. The molecule has 1 fully saturated rings. The SMILES string of the molecule is COc1ccc(Nc2nccc(N3CCC(C(=O)O)CC3)n2)c(OC)c1. The second-order valence-electron chi connectivity index (χ2n) is 6.03. The number of carboxylic acid groups (broad SMARTS) is 1. The first-order chi connectivity index (χ1) is 12.6. The maximum Gasteiger partial charge on any atom is 0.306 e. The minimum Gasteiger partial charge on any atom is -0.497 e. The molecular formula is C18H22N4O4. The van der Waals surface area contributed by atoms with Gasteiger partial charge in [0.2, 0.25) is 5.95 Å². The zero-order valence-electron chi connectivity index (χ0n) is 14.8. The number of rotatable bonds is 6. The molecule has 0 radical (unpaired) electrons. The predicted molar refractivity (Wildman–Crippen MR) is 97.4 cm³/mol. The highest BCUT2D eigenvalue weighted by Crippen LogP contribution is 2.31. The van der Waals surface area contributed by atoms with Gasteiger partial charge in [0.1, 0.15) is 17.3 Å². The number of hydrogen-bond donors (Lipinski definition) is 2. The van der Waals surface area contributed by atoms with E-state index in [1.54, 1.807) is 26.5 Å². The minimum atomic E-state index is -0.721. The van der Waals surface area contributed by atoms with Gasteiger partial charge in [0.15, 0.2) is 0 Å². The van der Waals surface area contributed by atoms with Gasteiger partial charge in [-0.15, -0.1) is 0 Å². The first kappa shape index (κ1) is 17.8. The Labute approximate surface area is 151 Å². The number of carboxylic acids is 1. The van der Waals surface area contributed by atoms with Crippen molar-refractivity contribution in [2.24, 2.45) is 5.92 Å². The molecule has 0 aliphatic carbocycles. The number of anilines is 3. The van der Waals surface area contributed by atoms with Crippen molar-refractivity contribution in [3.8, 4) is 11.5 Å². The third kappa shape index (κ3) is 3.96. The molecule has 0 unspecified atom stereocenters. The Morgan fingerprint density at radius 3 is 2.65 bits per heavy atom. The molecule has 1 saturated heterocycles. The van der Waals surface area contributed by atoms with Crippen LogP contribution < -0.4 is 19.7 Å². The van der Waals surface area contributed by atoms with Gasteiger partial charge in [-0.2, -0.15) is 4.98 Å². The summed E-state index contributed by atoms with van der Waals surface area (Å²) < 4.78 is 10.6. The summed E-state index contributed by atoms with van der Waals surface area (Å²) >= 11 is 0. The molecule has 2 N–H and O–H groups in total. The van der Waals surface area contributed by atoms with Crippen molar-refractivity contribution < 1.29 is 19.4 Å². The molecule has 0 spiro atoms. The van der Waals surface area contributed by atoms with Crippen LogP contribution in [0.3, 0.4) is 0 Å². The standard InChI is InChI=1S/C18H22N4O4/c1-25-13-3-4-14(15(11-13)26-2)20-18-19-8-5-16(21-18)22-9-6-12(7-10-22)17(23)24/h3-5,8,11-12H,6-7,9-10H2,1-2H3,(H,23,24)(H,19,20,21). The van der Waals surface area contributed by atoms with Crippen molar-refractivity contribution in [3.63, 3.8) is 0 Å². The van der Waals surface area contributed by atoms with E-state index >= 15 is 0 Å². The number of benzene rings is 1. The third-order valence-corrected chi connectivity index (χ3v) is 4.46. The number of methoxy groups -OCH3 is 2. The van der Waals surface area contributed by atoms with E-state index in [1.165, 1.54) is 0 Å². The number of nitrogens with zero attached hydrogens (tertiary/aromatic N) is 3. The van der Waals surface area contributed by atoms with E-state index in [0.717, 1.165) is 11.5 Å². The molecular weight excluding hydrogens is 336 g/mol. The number of nitrogens with one attached hydrogen (secondary N) is 1. The van der Waals surface area contributed by atoms with Crippen LogP contribution >= 0.6 is 0 Å². The Hall–Kier alpha value is -3.03. The number of piperidine rings is 1. The molecule has 0 saturated carbocycles. The molecule has 2 heterocycles. The van der Waals surface area contributed by atoms with Crippen LogP contribution in [0.2, 0.25) is 0 Å². The first-order valence-electron chi connectivity index (χ1n) is 8.40. The van der Waals surface area contributed by atoms with Gasteiger partial charge in [-0.05, 0) is 31.0 Å². The van der Waals surface area contributed by atoms with Gasteiger partial charge in [0.25, 0.3) is 0 Å². The lowest BCUT2D eigenvalue weighted by atomic mass is 9.97. The fraction of sp³-hybridized carbons (Fsp3) is 0.389. The lowest BCUT2D eigenvalue weighted by Crippen LogP contribution is -2.36. The maximum absolute atomic E-state index is 11.1. The summed E-state index contributed by atoms with van der Waals surface area (Å²) in [5.74, 6) is 1.56. The zero-order valence-corrected chi connectivity index (χ0v) is 14.8. The maximum atomic E-state index is 11.1. The van der Waals surface area contributed by atoms with Gasteiger partial charge in [-0.3, -0.25) is 4.79 Å². The molecule has 8 nitrogen and oxygen atoms in total. The molecule has 1 aromatic carbocycles. The molecule has 1 aromatic heterocycles. The van der Waals surface area contributed by atoms with Crippen LogP contribution in [0.25, 0.3) is 0 Å². The lowest BCUT2D eigenvalue weighted by Gasteiger charge is -2.31. The summed E-state index contributed by atoms with van der Waals surface area (Å²) in [6.45, 7) is 1.33. The van der Waals surface area contributed by atoms with E-state index in [0.29, 0.717) is 43.4 Å². The third-order valence-electron chi connectivity index (χ3n) is 4.46.